The Labute approximate surface area is 185 Å². The molecule has 0 radical (unpaired) electrons. The molecular weight excluding hydrogens is 494 g/mol. The van der Waals surface area contributed by atoms with E-state index in [2.05, 4.69) is 25.5 Å². The Balaban J connectivity index is 0.00000300. The maximum Gasteiger partial charge on any atom is 0.416 e. The van der Waals surface area contributed by atoms with Crippen molar-refractivity contribution in [3.8, 4) is 0 Å². The number of hydrogen-bond acceptors (Lipinski definition) is 3. The van der Waals surface area contributed by atoms with Gasteiger partial charge in [-0.05, 0) is 36.2 Å². The van der Waals surface area contributed by atoms with Gasteiger partial charge in [0.25, 0.3) is 0 Å². The number of likely N-dealkylation sites (tertiary alicyclic amines) is 1. The van der Waals surface area contributed by atoms with Gasteiger partial charge < -0.3 is 10.6 Å². The van der Waals surface area contributed by atoms with Crippen molar-refractivity contribution in [1.82, 2.24) is 20.5 Å². The summed E-state index contributed by atoms with van der Waals surface area (Å²) in [6.45, 7) is 2.92. The summed E-state index contributed by atoms with van der Waals surface area (Å²) >= 11 is 0. The minimum atomic E-state index is -4.29. The number of hydrogen-bond donors (Lipinski definition) is 2. The average Bonchev–Trinajstić information content (AvgIpc) is 3.12. The number of pyridine rings is 1. The molecule has 158 valence electrons. The summed E-state index contributed by atoms with van der Waals surface area (Å²) in [4.78, 5) is 10.8. The smallest absolute Gasteiger partial charge is 0.352 e. The van der Waals surface area contributed by atoms with Crippen LogP contribution in [0.25, 0.3) is 0 Å². The van der Waals surface area contributed by atoms with Gasteiger partial charge in [0.15, 0.2) is 5.96 Å². The molecule has 0 amide bonds. The average molecular weight is 519 g/mol. The normalized spacial score (nSPS) is 17.7. The highest BCUT2D eigenvalue weighted by Crippen LogP contribution is 2.29. The van der Waals surface area contributed by atoms with Crippen LogP contribution < -0.4 is 10.6 Å². The summed E-state index contributed by atoms with van der Waals surface area (Å²) < 4.78 is 38.0. The van der Waals surface area contributed by atoms with Crippen molar-refractivity contribution >= 4 is 29.9 Å². The van der Waals surface area contributed by atoms with Gasteiger partial charge in [-0.25, -0.2) is 0 Å². The van der Waals surface area contributed by atoms with Gasteiger partial charge in [0.1, 0.15) is 0 Å². The second-order valence-corrected chi connectivity index (χ2v) is 6.81. The SMILES string of the molecule is CN=C(NCc1ccccn1)NC1CCN(Cc2ccc(C(F)(F)F)cc2)C1.I. The summed E-state index contributed by atoms with van der Waals surface area (Å²) in [6, 6.07) is 11.4. The zero-order chi connectivity index (χ0) is 20.0. The molecule has 2 heterocycles. The third kappa shape index (κ3) is 7.14. The number of nitrogens with one attached hydrogen (secondary N) is 2. The lowest BCUT2D eigenvalue weighted by Gasteiger charge is -2.19. The Morgan fingerprint density at radius 3 is 2.59 bits per heavy atom. The van der Waals surface area contributed by atoms with Crippen LogP contribution in [-0.2, 0) is 19.3 Å². The van der Waals surface area contributed by atoms with E-state index in [1.165, 1.54) is 0 Å². The molecule has 2 aromatic rings. The molecule has 1 aliphatic rings. The number of rotatable bonds is 5. The topological polar surface area (TPSA) is 52.6 Å². The van der Waals surface area contributed by atoms with Gasteiger partial charge in [-0.2, -0.15) is 13.2 Å². The molecule has 1 saturated heterocycles. The second kappa shape index (κ2) is 10.8. The van der Waals surface area contributed by atoms with Gasteiger partial charge in [0.05, 0.1) is 17.8 Å². The molecule has 0 spiro atoms. The minimum Gasteiger partial charge on any atom is -0.352 e. The van der Waals surface area contributed by atoms with Crippen LogP contribution in [0.3, 0.4) is 0 Å². The van der Waals surface area contributed by atoms with Gasteiger partial charge in [-0.1, -0.05) is 18.2 Å². The van der Waals surface area contributed by atoms with E-state index in [1.54, 1.807) is 25.4 Å². The first kappa shape index (κ1) is 23.4. The lowest BCUT2D eigenvalue weighted by molar-refractivity contribution is -0.137. The predicted octanol–water partition coefficient (Wildman–Crippen LogP) is 3.66. The molecule has 5 nitrogen and oxygen atoms in total. The van der Waals surface area contributed by atoms with Crippen LogP contribution >= 0.6 is 24.0 Å². The van der Waals surface area contributed by atoms with Crippen LogP contribution in [0, 0.1) is 0 Å². The molecule has 3 rings (SSSR count). The highest BCUT2D eigenvalue weighted by Gasteiger charge is 2.30. The van der Waals surface area contributed by atoms with Crippen LogP contribution in [-0.4, -0.2) is 42.0 Å². The molecule has 1 aromatic carbocycles. The van der Waals surface area contributed by atoms with Crippen molar-refractivity contribution in [2.24, 2.45) is 4.99 Å². The quantitative estimate of drug-likeness (QED) is 0.360. The molecular formula is C20H25F3IN5. The van der Waals surface area contributed by atoms with E-state index in [0.29, 0.717) is 19.0 Å². The van der Waals surface area contributed by atoms with Gasteiger partial charge in [-0.15, -0.1) is 24.0 Å². The van der Waals surface area contributed by atoms with E-state index >= 15 is 0 Å². The first-order valence-electron chi connectivity index (χ1n) is 9.19. The van der Waals surface area contributed by atoms with E-state index in [1.807, 2.05) is 18.2 Å². The summed E-state index contributed by atoms with van der Waals surface area (Å²) in [5, 5.41) is 6.65. The van der Waals surface area contributed by atoms with Crippen molar-refractivity contribution < 1.29 is 13.2 Å². The van der Waals surface area contributed by atoms with E-state index < -0.39 is 11.7 Å². The standard InChI is InChI=1S/C20H24F3N5.HI/c1-24-19(26-12-17-4-2-3-10-25-17)27-18-9-11-28(14-18)13-15-5-7-16(8-6-15)20(21,22)23;/h2-8,10,18H,9,11-14H2,1H3,(H2,24,26,27);1H. The minimum absolute atomic E-state index is 0. The lowest BCUT2D eigenvalue weighted by atomic mass is 10.1. The lowest BCUT2D eigenvalue weighted by Crippen LogP contribution is -2.44. The molecule has 1 unspecified atom stereocenters. The van der Waals surface area contributed by atoms with E-state index in [-0.39, 0.29) is 30.0 Å². The first-order chi connectivity index (χ1) is 13.4. The highest BCUT2D eigenvalue weighted by molar-refractivity contribution is 14.0. The number of nitrogens with zero attached hydrogens (tertiary/aromatic N) is 3. The number of guanidine groups is 1. The largest absolute Gasteiger partial charge is 0.416 e. The zero-order valence-electron chi connectivity index (χ0n) is 16.1. The Bertz CT molecular complexity index is 781. The molecule has 0 saturated carbocycles. The molecule has 2 N–H and O–H groups in total. The Hall–Kier alpha value is -1.88. The molecule has 1 fully saturated rings. The third-order valence-electron chi connectivity index (χ3n) is 4.69. The van der Waals surface area contributed by atoms with Crippen LogP contribution in [0.5, 0.6) is 0 Å². The van der Waals surface area contributed by atoms with Crippen LogP contribution in [0.15, 0.2) is 53.7 Å². The van der Waals surface area contributed by atoms with E-state index in [0.717, 1.165) is 42.9 Å². The van der Waals surface area contributed by atoms with Crippen molar-refractivity contribution in [1.29, 1.82) is 0 Å². The molecule has 9 heteroatoms. The highest BCUT2D eigenvalue weighted by atomic mass is 127. The number of aromatic nitrogens is 1. The van der Waals surface area contributed by atoms with Gasteiger partial charge in [-0.3, -0.25) is 14.9 Å². The first-order valence-corrected chi connectivity index (χ1v) is 9.19. The fraction of sp³-hybridized carbons (Fsp3) is 0.400. The Morgan fingerprint density at radius 1 is 1.21 bits per heavy atom. The van der Waals surface area contributed by atoms with E-state index in [4.69, 9.17) is 0 Å². The van der Waals surface area contributed by atoms with Crippen molar-refractivity contribution in [2.75, 3.05) is 20.1 Å². The van der Waals surface area contributed by atoms with Crippen LogP contribution in [0.2, 0.25) is 0 Å². The number of alkyl halides is 3. The monoisotopic (exact) mass is 519 g/mol. The maximum absolute atomic E-state index is 12.7. The second-order valence-electron chi connectivity index (χ2n) is 6.81. The predicted molar refractivity (Wildman–Crippen MR) is 118 cm³/mol. The van der Waals surface area contributed by atoms with Crippen LogP contribution in [0.1, 0.15) is 23.2 Å². The molecule has 1 aliphatic heterocycles. The summed E-state index contributed by atoms with van der Waals surface area (Å²) in [6.07, 6.45) is -1.59. The molecule has 29 heavy (non-hydrogen) atoms. The fourth-order valence-corrected chi connectivity index (χ4v) is 3.22. The summed E-state index contributed by atoms with van der Waals surface area (Å²) in [5.41, 5.74) is 1.20. The number of aliphatic imine (C=N–C) groups is 1. The summed E-state index contributed by atoms with van der Waals surface area (Å²) in [5.74, 6) is 0.715. The summed E-state index contributed by atoms with van der Waals surface area (Å²) in [7, 11) is 1.72. The molecule has 1 aromatic heterocycles. The van der Waals surface area contributed by atoms with Gasteiger partial charge in [0, 0.05) is 38.9 Å². The number of benzene rings is 1. The van der Waals surface area contributed by atoms with E-state index in [9.17, 15) is 13.2 Å². The van der Waals surface area contributed by atoms with Gasteiger partial charge in [0.2, 0.25) is 0 Å². The van der Waals surface area contributed by atoms with Crippen LogP contribution in [0.4, 0.5) is 13.2 Å². The zero-order valence-corrected chi connectivity index (χ0v) is 18.4. The van der Waals surface area contributed by atoms with Crippen molar-refractivity contribution in [2.45, 2.75) is 31.7 Å². The molecule has 0 aliphatic carbocycles. The third-order valence-corrected chi connectivity index (χ3v) is 4.69. The molecule has 1 atom stereocenters. The van der Waals surface area contributed by atoms with Crippen molar-refractivity contribution in [3.05, 3.63) is 65.5 Å². The Morgan fingerprint density at radius 2 is 1.97 bits per heavy atom. The molecule has 0 bridgehead atoms. The fourth-order valence-electron chi connectivity index (χ4n) is 3.22. The van der Waals surface area contributed by atoms with Gasteiger partial charge >= 0.3 is 6.18 Å². The number of halogens is 4. The maximum atomic E-state index is 12.7. The Kier molecular flexibility index (Phi) is 8.69. The van der Waals surface area contributed by atoms with Crippen molar-refractivity contribution in [3.63, 3.8) is 0 Å².